The lowest BCUT2D eigenvalue weighted by molar-refractivity contribution is -0.145. The number of ether oxygens (including phenoxy) is 1. The molecule has 2 rings (SSSR count). The Hall–Kier alpha value is -1.55. The van der Waals surface area contributed by atoms with Gasteiger partial charge in [-0.2, -0.15) is 13.2 Å². The molecule has 1 atom stereocenters. The summed E-state index contributed by atoms with van der Waals surface area (Å²) in [7, 11) is 1.42. The first kappa shape index (κ1) is 22.5. The normalized spacial score (nSPS) is 17.2. The second-order valence-corrected chi connectivity index (χ2v) is 5.91. The number of amides is 2. The molecule has 146 valence electrons. The molecular weight excluding hydrogens is 398 g/mol. The molecule has 1 heterocycles. The number of carbonyl (C=O) groups is 2. The Balaban J connectivity index is 0.00000338. The number of nitrogens with one attached hydrogen (secondary N) is 2. The number of morpholine rings is 1. The monoisotopic (exact) mass is 415 g/mol. The highest BCUT2D eigenvalue weighted by molar-refractivity contribution is 6.31. The van der Waals surface area contributed by atoms with E-state index in [0.717, 1.165) is 17.0 Å². The van der Waals surface area contributed by atoms with E-state index < -0.39 is 28.8 Å². The van der Waals surface area contributed by atoms with Crippen LogP contribution >= 0.6 is 24.0 Å². The lowest BCUT2D eigenvalue weighted by atomic mass is 10.2. The summed E-state index contributed by atoms with van der Waals surface area (Å²) in [4.78, 5) is 25.3. The highest BCUT2D eigenvalue weighted by Crippen LogP contribution is 2.36. The molecule has 0 aromatic heterocycles. The minimum atomic E-state index is -4.63. The molecule has 11 heteroatoms. The van der Waals surface area contributed by atoms with Crippen LogP contribution in [0.5, 0.6) is 0 Å². The van der Waals surface area contributed by atoms with Crippen molar-refractivity contribution in [3.05, 3.63) is 28.8 Å². The standard InChI is InChI=1S/C15H17ClF3N3O3.ClH/c1-22(14(24)12-7-20-4-5-25-12)8-13(23)21-9-2-3-11(16)10(6-9)15(17,18)19;/h2-3,6,12,20H,4-5,7-8H2,1H3,(H,21,23);1H. The van der Waals surface area contributed by atoms with E-state index in [-0.39, 0.29) is 30.5 Å². The number of likely N-dealkylation sites (N-methyl/N-ethyl adjacent to an activating group) is 1. The average molecular weight is 416 g/mol. The number of rotatable bonds is 4. The Morgan fingerprint density at radius 2 is 2.12 bits per heavy atom. The second kappa shape index (κ2) is 9.40. The molecule has 0 aliphatic carbocycles. The van der Waals surface area contributed by atoms with Crippen LogP contribution in [0, 0.1) is 0 Å². The number of benzene rings is 1. The van der Waals surface area contributed by atoms with Gasteiger partial charge in [0.15, 0.2) is 0 Å². The van der Waals surface area contributed by atoms with Crippen molar-refractivity contribution >= 4 is 41.5 Å². The van der Waals surface area contributed by atoms with Crippen LogP contribution in [0.25, 0.3) is 0 Å². The van der Waals surface area contributed by atoms with Crippen LogP contribution in [0.4, 0.5) is 18.9 Å². The quantitative estimate of drug-likeness (QED) is 0.790. The van der Waals surface area contributed by atoms with E-state index in [1.165, 1.54) is 13.1 Å². The fourth-order valence-electron chi connectivity index (χ4n) is 2.28. The third-order valence-corrected chi connectivity index (χ3v) is 3.85. The molecule has 6 nitrogen and oxygen atoms in total. The maximum absolute atomic E-state index is 12.8. The molecule has 1 aromatic carbocycles. The summed E-state index contributed by atoms with van der Waals surface area (Å²) >= 11 is 5.52. The Morgan fingerprint density at radius 1 is 1.42 bits per heavy atom. The summed E-state index contributed by atoms with van der Waals surface area (Å²) in [6.45, 7) is 1.06. The molecule has 1 saturated heterocycles. The highest BCUT2D eigenvalue weighted by atomic mass is 35.5. The number of alkyl halides is 3. The van der Waals surface area contributed by atoms with Crippen LogP contribution < -0.4 is 10.6 Å². The SMILES string of the molecule is CN(CC(=O)Nc1ccc(Cl)c(C(F)(F)F)c1)C(=O)C1CNCCO1.Cl. The van der Waals surface area contributed by atoms with Crippen molar-refractivity contribution in [3.8, 4) is 0 Å². The number of halogens is 5. The van der Waals surface area contributed by atoms with Crippen LogP contribution in [-0.4, -0.2) is 56.1 Å². The Kier molecular flexibility index (Phi) is 8.14. The molecule has 0 bridgehead atoms. The molecule has 2 amide bonds. The predicted molar refractivity (Wildman–Crippen MR) is 92.6 cm³/mol. The van der Waals surface area contributed by atoms with E-state index in [0.29, 0.717) is 19.7 Å². The minimum absolute atomic E-state index is 0. The molecule has 0 spiro atoms. The van der Waals surface area contributed by atoms with E-state index in [1.54, 1.807) is 0 Å². The van der Waals surface area contributed by atoms with Crippen molar-refractivity contribution in [1.82, 2.24) is 10.2 Å². The summed E-state index contributed by atoms with van der Waals surface area (Å²) < 4.78 is 43.8. The number of carbonyl (C=O) groups excluding carboxylic acids is 2. The zero-order valence-corrected chi connectivity index (χ0v) is 15.3. The van der Waals surface area contributed by atoms with Crippen LogP contribution in [0.3, 0.4) is 0 Å². The van der Waals surface area contributed by atoms with Crippen LogP contribution in [-0.2, 0) is 20.5 Å². The van der Waals surface area contributed by atoms with Gasteiger partial charge >= 0.3 is 6.18 Å². The number of hydrogen-bond acceptors (Lipinski definition) is 4. The fourth-order valence-corrected chi connectivity index (χ4v) is 2.51. The third kappa shape index (κ3) is 6.01. The maximum Gasteiger partial charge on any atom is 0.417 e. The second-order valence-electron chi connectivity index (χ2n) is 5.50. The summed E-state index contributed by atoms with van der Waals surface area (Å²) in [5.41, 5.74) is -1.10. The van der Waals surface area contributed by atoms with Crippen molar-refractivity contribution in [2.75, 3.05) is 38.6 Å². The third-order valence-electron chi connectivity index (χ3n) is 3.52. The van der Waals surface area contributed by atoms with Gasteiger partial charge in [0.2, 0.25) is 5.91 Å². The number of nitrogens with zero attached hydrogens (tertiary/aromatic N) is 1. The molecule has 2 N–H and O–H groups in total. The van der Waals surface area contributed by atoms with E-state index in [9.17, 15) is 22.8 Å². The first-order valence-electron chi connectivity index (χ1n) is 7.42. The van der Waals surface area contributed by atoms with Crippen molar-refractivity contribution in [2.24, 2.45) is 0 Å². The van der Waals surface area contributed by atoms with E-state index in [4.69, 9.17) is 16.3 Å². The van der Waals surface area contributed by atoms with Gasteiger partial charge in [-0.25, -0.2) is 0 Å². The summed E-state index contributed by atoms with van der Waals surface area (Å²) in [6.07, 6.45) is -5.31. The molecule has 0 saturated carbocycles. The largest absolute Gasteiger partial charge is 0.417 e. The smallest absolute Gasteiger partial charge is 0.366 e. The van der Waals surface area contributed by atoms with Crippen molar-refractivity contribution in [2.45, 2.75) is 12.3 Å². The van der Waals surface area contributed by atoms with E-state index in [2.05, 4.69) is 10.6 Å². The van der Waals surface area contributed by atoms with Gasteiger partial charge in [-0.3, -0.25) is 9.59 Å². The molecule has 0 radical (unpaired) electrons. The number of anilines is 1. The van der Waals surface area contributed by atoms with Crippen LogP contribution in [0.1, 0.15) is 5.56 Å². The molecule has 1 fully saturated rings. The zero-order chi connectivity index (χ0) is 18.6. The van der Waals surface area contributed by atoms with Gasteiger partial charge in [0.05, 0.1) is 23.7 Å². The highest BCUT2D eigenvalue weighted by Gasteiger charge is 2.33. The molecule has 1 aromatic rings. The lowest BCUT2D eigenvalue weighted by Crippen LogP contribution is -2.49. The van der Waals surface area contributed by atoms with E-state index in [1.807, 2.05) is 0 Å². The Bertz CT molecular complexity index is 653. The Labute approximate surface area is 159 Å². The molecule has 1 unspecified atom stereocenters. The van der Waals surface area contributed by atoms with Crippen LogP contribution in [0.2, 0.25) is 5.02 Å². The molecule has 26 heavy (non-hydrogen) atoms. The van der Waals surface area contributed by atoms with Gasteiger partial charge in [0.25, 0.3) is 5.91 Å². The first-order chi connectivity index (χ1) is 11.7. The van der Waals surface area contributed by atoms with Gasteiger partial charge in [0.1, 0.15) is 6.10 Å². The number of hydrogen-bond donors (Lipinski definition) is 2. The van der Waals surface area contributed by atoms with Gasteiger partial charge in [-0.1, -0.05) is 11.6 Å². The fraction of sp³-hybridized carbons (Fsp3) is 0.467. The van der Waals surface area contributed by atoms with Gasteiger partial charge < -0.3 is 20.3 Å². The van der Waals surface area contributed by atoms with Crippen molar-refractivity contribution < 1.29 is 27.5 Å². The molecule has 1 aliphatic rings. The summed E-state index contributed by atoms with van der Waals surface area (Å²) in [6, 6.07) is 3.05. The van der Waals surface area contributed by atoms with Gasteiger partial charge in [0, 0.05) is 25.8 Å². The predicted octanol–water partition coefficient (Wildman–Crippen LogP) is 2.17. The zero-order valence-electron chi connectivity index (χ0n) is 13.7. The molecule has 1 aliphatic heterocycles. The van der Waals surface area contributed by atoms with Gasteiger partial charge in [-0.15, -0.1) is 12.4 Å². The maximum atomic E-state index is 12.8. The van der Waals surface area contributed by atoms with Crippen molar-refractivity contribution in [1.29, 1.82) is 0 Å². The van der Waals surface area contributed by atoms with Crippen LogP contribution in [0.15, 0.2) is 18.2 Å². The minimum Gasteiger partial charge on any atom is -0.366 e. The average Bonchev–Trinajstić information content (AvgIpc) is 2.55. The first-order valence-corrected chi connectivity index (χ1v) is 7.80. The molecular formula is C15H18Cl2F3N3O3. The lowest BCUT2D eigenvalue weighted by Gasteiger charge is -2.27. The van der Waals surface area contributed by atoms with Gasteiger partial charge in [-0.05, 0) is 18.2 Å². The summed E-state index contributed by atoms with van der Waals surface area (Å²) in [5.74, 6) is -1.01. The van der Waals surface area contributed by atoms with Crippen molar-refractivity contribution in [3.63, 3.8) is 0 Å². The Morgan fingerprint density at radius 3 is 2.69 bits per heavy atom. The topological polar surface area (TPSA) is 70.7 Å². The summed E-state index contributed by atoms with van der Waals surface area (Å²) in [5, 5.41) is 4.86. The van der Waals surface area contributed by atoms with E-state index >= 15 is 0 Å².